The Kier molecular flexibility index (Phi) is 9.97. The van der Waals surface area contributed by atoms with Gasteiger partial charge in [-0.3, -0.25) is 15.0 Å². The van der Waals surface area contributed by atoms with Gasteiger partial charge >= 0.3 is 6.09 Å². The maximum absolute atomic E-state index is 11.8. The fraction of sp³-hybridized carbons (Fsp3) is 0.621. The van der Waals surface area contributed by atoms with Crippen molar-refractivity contribution in [3.8, 4) is 0 Å². The smallest absolute Gasteiger partial charge is 0.413 e. The Morgan fingerprint density at radius 3 is 2.63 bits per heavy atom. The SMILES string of the molecule is CCCC(CCO)Nc1nc(NC(=O)OC)nc2cnn(Cc3ccc(C4CCN(C5CCOCC5)CC4)nc3)c12. The van der Waals surface area contributed by atoms with E-state index >= 15 is 0 Å². The standard InChI is InChI=1S/C29H42N8O4/c1-3-4-22(9-14-38)32-27-26-25(33-28(34-27)35-29(39)40-2)18-31-37(26)19-20-5-6-24(30-17-20)21-7-12-36(13-8-21)23-10-15-41-16-11-23/h5-6,17-18,21-23,38H,3-4,7-16,19H2,1-2H3,(H2,32,33,34,35,39). The van der Waals surface area contributed by atoms with E-state index in [9.17, 15) is 9.90 Å². The topological polar surface area (TPSA) is 140 Å². The number of amides is 1. The first kappa shape index (κ1) is 29.2. The molecule has 3 aromatic rings. The van der Waals surface area contributed by atoms with Crippen molar-refractivity contribution in [2.45, 2.75) is 76.4 Å². The number of likely N-dealkylation sites (tertiary alicyclic amines) is 1. The fourth-order valence-corrected chi connectivity index (χ4v) is 5.96. The minimum Gasteiger partial charge on any atom is -0.453 e. The highest BCUT2D eigenvalue weighted by atomic mass is 16.5. The molecule has 1 unspecified atom stereocenters. The van der Waals surface area contributed by atoms with Crippen LogP contribution in [0.15, 0.2) is 24.5 Å². The summed E-state index contributed by atoms with van der Waals surface area (Å²) in [6.45, 7) is 6.67. The second kappa shape index (κ2) is 14.0. The molecule has 0 spiro atoms. The van der Waals surface area contributed by atoms with Gasteiger partial charge in [-0.1, -0.05) is 19.4 Å². The number of hydrogen-bond donors (Lipinski definition) is 3. The van der Waals surface area contributed by atoms with Crippen molar-refractivity contribution in [3.63, 3.8) is 0 Å². The molecule has 2 saturated heterocycles. The monoisotopic (exact) mass is 566 g/mol. The van der Waals surface area contributed by atoms with Crippen LogP contribution >= 0.6 is 0 Å². The molecule has 1 atom stereocenters. The highest BCUT2D eigenvalue weighted by Gasteiger charge is 2.27. The van der Waals surface area contributed by atoms with E-state index in [2.05, 4.69) is 49.7 Å². The maximum Gasteiger partial charge on any atom is 0.413 e. The van der Waals surface area contributed by atoms with Crippen molar-refractivity contribution in [2.24, 2.45) is 0 Å². The highest BCUT2D eigenvalue weighted by Crippen LogP contribution is 2.30. The van der Waals surface area contributed by atoms with Gasteiger partial charge in [0, 0.05) is 49.7 Å². The van der Waals surface area contributed by atoms with Gasteiger partial charge in [-0.05, 0) is 63.2 Å². The number of nitrogens with zero attached hydrogens (tertiary/aromatic N) is 6. The van der Waals surface area contributed by atoms with Gasteiger partial charge in [0.25, 0.3) is 0 Å². The number of piperidine rings is 1. The first-order valence-electron chi connectivity index (χ1n) is 14.8. The van der Waals surface area contributed by atoms with E-state index < -0.39 is 6.09 Å². The summed E-state index contributed by atoms with van der Waals surface area (Å²) < 4.78 is 12.1. The summed E-state index contributed by atoms with van der Waals surface area (Å²) >= 11 is 0. The molecular weight excluding hydrogens is 524 g/mol. The van der Waals surface area contributed by atoms with Crippen LogP contribution in [0.1, 0.15) is 69.0 Å². The molecule has 5 rings (SSSR count). The Labute approximate surface area is 240 Å². The van der Waals surface area contributed by atoms with Crippen LogP contribution in [-0.2, 0) is 16.0 Å². The number of methoxy groups -OCH3 is 1. The van der Waals surface area contributed by atoms with Crippen LogP contribution in [0.2, 0.25) is 0 Å². The number of carbonyl (C=O) groups excluding carboxylic acids is 1. The Bertz CT molecular complexity index is 1260. The normalized spacial score (nSPS) is 17.9. The van der Waals surface area contributed by atoms with Crippen LogP contribution in [0.5, 0.6) is 0 Å². The molecule has 3 N–H and O–H groups in total. The van der Waals surface area contributed by atoms with E-state index in [-0.39, 0.29) is 18.6 Å². The van der Waals surface area contributed by atoms with Gasteiger partial charge in [0.2, 0.25) is 5.95 Å². The lowest BCUT2D eigenvalue weighted by Crippen LogP contribution is -2.43. The predicted octanol–water partition coefficient (Wildman–Crippen LogP) is 3.77. The zero-order valence-electron chi connectivity index (χ0n) is 24.1. The van der Waals surface area contributed by atoms with Crippen molar-refractivity contribution in [1.29, 1.82) is 0 Å². The number of anilines is 2. The number of pyridine rings is 1. The van der Waals surface area contributed by atoms with Crippen molar-refractivity contribution in [2.75, 3.05) is 50.7 Å². The summed E-state index contributed by atoms with van der Waals surface area (Å²) in [5.74, 6) is 1.16. The molecule has 12 heteroatoms. The first-order valence-corrected chi connectivity index (χ1v) is 14.8. The van der Waals surface area contributed by atoms with Crippen LogP contribution in [0.4, 0.5) is 16.6 Å². The van der Waals surface area contributed by atoms with E-state index in [4.69, 9.17) is 14.5 Å². The van der Waals surface area contributed by atoms with E-state index in [1.54, 1.807) is 6.20 Å². The second-order valence-electron chi connectivity index (χ2n) is 10.9. The number of rotatable bonds is 11. The summed E-state index contributed by atoms with van der Waals surface area (Å²) in [7, 11) is 1.29. The van der Waals surface area contributed by atoms with Crippen LogP contribution < -0.4 is 10.6 Å². The fourth-order valence-electron chi connectivity index (χ4n) is 5.96. The molecular formula is C29H42N8O4. The van der Waals surface area contributed by atoms with Crippen LogP contribution in [0, 0.1) is 0 Å². The Balaban J connectivity index is 1.31. The lowest BCUT2D eigenvalue weighted by molar-refractivity contribution is 0.0250. The Morgan fingerprint density at radius 2 is 1.95 bits per heavy atom. The first-order chi connectivity index (χ1) is 20.1. The zero-order valence-corrected chi connectivity index (χ0v) is 24.1. The molecule has 1 amide bonds. The lowest BCUT2D eigenvalue weighted by Gasteiger charge is -2.39. The molecule has 0 aromatic carbocycles. The minimum atomic E-state index is -0.649. The molecule has 41 heavy (non-hydrogen) atoms. The van der Waals surface area contributed by atoms with E-state index in [0.717, 1.165) is 81.6 Å². The zero-order chi connectivity index (χ0) is 28.6. The lowest BCUT2D eigenvalue weighted by atomic mass is 9.91. The van der Waals surface area contributed by atoms with Crippen LogP contribution in [0.25, 0.3) is 11.0 Å². The third kappa shape index (κ3) is 7.30. The minimum absolute atomic E-state index is 0.0104. The van der Waals surface area contributed by atoms with Crippen LogP contribution in [0.3, 0.4) is 0 Å². The van der Waals surface area contributed by atoms with Crippen molar-refractivity contribution in [1.82, 2.24) is 29.6 Å². The van der Waals surface area contributed by atoms with Gasteiger partial charge in [0.15, 0.2) is 5.82 Å². The molecule has 3 aromatic heterocycles. The van der Waals surface area contributed by atoms with Crippen molar-refractivity contribution in [3.05, 3.63) is 35.8 Å². The van der Waals surface area contributed by atoms with Crippen molar-refractivity contribution >= 4 is 28.9 Å². The summed E-state index contributed by atoms with van der Waals surface area (Å²) in [4.78, 5) is 28.4. The summed E-state index contributed by atoms with van der Waals surface area (Å²) in [5.41, 5.74) is 3.50. The number of hydrogen-bond acceptors (Lipinski definition) is 10. The molecule has 0 bridgehead atoms. The summed E-state index contributed by atoms with van der Waals surface area (Å²) in [6.07, 6.45) is 9.90. The summed E-state index contributed by atoms with van der Waals surface area (Å²) in [6, 6.07) is 4.97. The second-order valence-corrected chi connectivity index (χ2v) is 10.9. The third-order valence-electron chi connectivity index (χ3n) is 8.18. The number of aromatic nitrogens is 5. The van der Waals surface area contributed by atoms with Gasteiger partial charge in [-0.25, -0.2) is 9.78 Å². The molecule has 222 valence electrons. The molecule has 0 saturated carbocycles. The number of aliphatic hydroxyl groups excluding tert-OH is 1. The number of ether oxygens (including phenoxy) is 2. The van der Waals surface area contributed by atoms with E-state index in [1.807, 2.05) is 10.9 Å². The quantitative estimate of drug-likeness (QED) is 0.314. The number of nitrogens with one attached hydrogen (secondary N) is 2. The summed E-state index contributed by atoms with van der Waals surface area (Å²) in [5, 5.41) is 20.2. The molecule has 0 radical (unpaired) electrons. The van der Waals surface area contributed by atoms with Gasteiger partial charge < -0.3 is 24.8 Å². The van der Waals surface area contributed by atoms with Crippen LogP contribution in [-0.4, -0.2) is 92.9 Å². The molecule has 2 aliphatic heterocycles. The highest BCUT2D eigenvalue weighted by molar-refractivity contribution is 5.89. The molecule has 5 heterocycles. The third-order valence-corrected chi connectivity index (χ3v) is 8.18. The average Bonchev–Trinajstić information content (AvgIpc) is 3.41. The maximum atomic E-state index is 11.8. The largest absolute Gasteiger partial charge is 0.453 e. The molecule has 12 nitrogen and oxygen atoms in total. The van der Waals surface area contributed by atoms with Gasteiger partial charge in [0.1, 0.15) is 11.0 Å². The van der Waals surface area contributed by atoms with Gasteiger partial charge in [-0.15, -0.1) is 0 Å². The van der Waals surface area contributed by atoms with Gasteiger partial charge in [-0.2, -0.15) is 10.1 Å². The average molecular weight is 567 g/mol. The molecule has 2 aliphatic rings. The Hall–Kier alpha value is -3.35. The number of fused-ring (bicyclic) bond motifs is 1. The molecule has 2 fully saturated rings. The Morgan fingerprint density at radius 1 is 1.15 bits per heavy atom. The number of aliphatic hydroxyl groups is 1. The van der Waals surface area contributed by atoms with Crippen molar-refractivity contribution < 1.29 is 19.4 Å². The predicted molar refractivity (Wildman–Crippen MR) is 156 cm³/mol. The number of carbonyl (C=O) groups is 1. The van der Waals surface area contributed by atoms with E-state index in [1.165, 1.54) is 7.11 Å². The van der Waals surface area contributed by atoms with Gasteiger partial charge in [0.05, 0.1) is 19.9 Å². The van der Waals surface area contributed by atoms with E-state index in [0.29, 0.717) is 36.3 Å². The molecule has 0 aliphatic carbocycles.